The third kappa shape index (κ3) is 2.22. The van der Waals surface area contributed by atoms with E-state index in [1.54, 1.807) is 12.1 Å². The summed E-state index contributed by atoms with van der Waals surface area (Å²) in [5, 5.41) is 9.13. The molecule has 1 N–H and O–H groups in total. The number of phenolic OH excluding ortho intramolecular Hbond substituents is 1. The van der Waals surface area contributed by atoms with Crippen LogP contribution in [0.2, 0.25) is 0 Å². The van der Waals surface area contributed by atoms with Gasteiger partial charge in [0.05, 0.1) is 0 Å². The summed E-state index contributed by atoms with van der Waals surface area (Å²) < 4.78 is 1.99. The Morgan fingerprint density at radius 3 is 2.82 bits per heavy atom. The maximum Gasteiger partial charge on any atom is 0.116 e. The van der Waals surface area contributed by atoms with Gasteiger partial charge < -0.3 is 5.11 Å². The van der Waals surface area contributed by atoms with Gasteiger partial charge in [-0.2, -0.15) is 0 Å². The van der Waals surface area contributed by atoms with E-state index in [2.05, 4.69) is 22.6 Å². The van der Waals surface area contributed by atoms with Gasteiger partial charge in [0, 0.05) is 0 Å². The number of hydrogen-bond acceptors (Lipinski definition) is 1. The summed E-state index contributed by atoms with van der Waals surface area (Å²) in [4.78, 5) is 0. The van der Waals surface area contributed by atoms with Gasteiger partial charge in [-0.05, 0) is 34.3 Å². The Bertz CT molecular complexity index is 279. The molecule has 0 spiro atoms. The standard InChI is InChI=1S/C9H9IO/c1-7(6-10)8-3-2-4-9(11)5-8/h2-6,11H,1H3/b7-6+. The lowest BCUT2D eigenvalue weighted by atomic mass is 10.1. The summed E-state index contributed by atoms with van der Waals surface area (Å²) in [7, 11) is 0. The Kier molecular flexibility index (Phi) is 2.93. The molecule has 0 aromatic heterocycles. The molecule has 2 heteroatoms. The highest BCUT2D eigenvalue weighted by molar-refractivity contribution is 14.1. The predicted molar refractivity (Wildman–Crippen MR) is 55.8 cm³/mol. The number of benzene rings is 1. The zero-order chi connectivity index (χ0) is 8.27. The minimum atomic E-state index is 0.320. The molecule has 0 unspecified atom stereocenters. The van der Waals surface area contributed by atoms with Crippen molar-refractivity contribution in [1.29, 1.82) is 0 Å². The van der Waals surface area contributed by atoms with E-state index in [9.17, 15) is 0 Å². The van der Waals surface area contributed by atoms with Gasteiger partial charge in [-0.3, -0.25) is 0 Å². The molecule has 11 heavy (non-hydrogen) atoms. The molecule has 0 bridgehead atoms. The molecular weight excluding hydrogens is 251 g/mol. The van der Waals surface area contributed by atoms with Gasteiger partial charge in [-0.25, -0.2) is 0 Å². The summed E-state index contributed by atoms with van der Waals surface area (Å²) in [6, 6.07) is 7.24. The van der Waals surface area contributed by atoms with Gasteiger partial charge in [0.2, 0.25) is 0 Å². The Balaban J connectivity index is 3.06. The lowest BCUT2D eigenvalue weighted by molar-refractivity contribution is 0.475. The summed E-state index contributed by atoms with van der Waals surface area (Å²) in [6.45, 7) is 2.02. The monoisotopic (exact) mass is 260 g/mol. The number of halogens is 1. The number of aromatic hydroxyl groups is 1. The topological polar surface area (TPSA) is 20.2 Å². The predicted octanol–water partition coefficient (Wildman–Crippen LogP) is 3.19. The van der Waals surface area contributed by atoms with Gasteiger partial charge >= 0.3 is 0 Å². The van der Waals surface area contributed by atoms with Crippen molar-refractivity contribution in [3.63, 3.8) is 0 Å². The van der Waals surface area contributed by atoms with Crippen LogP contribution in [-0.2, 0) is 0 Å². The number of phenols is 1. The van der Waals surface area contributed by atoms with Crippen LogP contribution in [-0.4, -0.2) is 5.11 Å². The number of hydrogen-bond donors (Lipinski definition) is 1. The third-order valence-electron chi connectivity index (χ3n) is 1.47. The lowest BCUT2D eigenvalue weighted by Gasteiger charge is -1.99. The molecule has 1 nitrogen and oxygen atoms in total. The SMILES string of the molecule is C/C(=C\I)c1cccc(O)c1. The van der Waals surface area contributed by atoms with Gasteiger partial charge in [-0.15, -0.1) is 0 Å². The highest BCUT2D eigenvalue weighted by Crippen LogP contribution is 2.19. The van der Waals surface area contributed by atoms with Crippen LogP contribution in [0.25, 0.3) is 5.57 Å². The van der Waals surface area contributed by atoms with Gasteiger partial charge in [0.25, 0.3) is 0 Å². The average molecular weight is 260 g/mol. The van der Waals surface area contributed by atoms with Gasteiger partial charge in [0.15, 0.2) is 0 Å². The van der Waals surface area contributed by atoms with Gasteiger partial charge in [0.1, 0.15) is 5.75 Å². The van der Waals surface area contributed by atoms with Crippen molar-refractivity contribution in [2.45, 2.75) is 6.92 Å². The van der Waals surface area contributed by atoms with E-state index in [0.717, 1.165) is 5.56 Å². The molecule has 1 rings (SSSR count). The Morgan fingerprint density at radius 1 is 1.55 bits per heavy atom. The molecule has 0 atom stereocenters. The van der Waals surface area contributed by atoms with Crippen LogP contribution in [0.3, 0.4) is 0 Å². The fraction of sp³-hybridized carbons (Fsp3) is 0.111. The van der Waals surface area contributed by atoms with Crippen molar-refractivity contribution < 1.29 is 5.11 Å². The van der Waals surface area contributed by atoms with Crippen molar-refractivity contribution in [1.82, 2.24) is 0 Å². The first-order chi connectivity index (χ1) is 5.24. The molecule has 0 radical (unpaired) electrons. The lowest BCUT2D eigenvalue weighted by Crippen LogP contribution is -1.76. The van der Waals surface area contributed by atoms with Crippen molar-refractivity contribution in [2.24, 2.45) is 0 Å². The minimum absolute atomic E-state index is 0.320. The van der Waals surface area contributed by atoms with Crippen LogP contribution in [0.15, 0.2) is 28.3 Å². The van der Waals surface area contributed by atoms with Gasteiger partial charge in [-0.1, -0.05) is 34.7 Å². The fourth-order valence-electron chi connectivity index (χ4n) is 0.814. The molecule has 0 saturated heterocycles. The highest BCUT2D eigenvalue weighted by Gasteiger charge is 1.94. The average Bonchev–Trinajstić information content (AvgIpc) is 2.03. The number of rotatable bonds is 1. The number of allylic oxidation sites excluding steroid dienone is 1. The van der Waals surface area contributed by atoms with Crippen LogP contribution in [0.1, 0.15) is 12.5 Å². The first-order valence-electron chi connectivity index (χ1n) is 3.30. The molecule has 0 aliphatic heterocycles. The molecule has 0 aliphatic rings. The smallest absolute Gasteiger partial charge is 0.116 e. The molecular formula is C9H9IO. The molecule has 0 amide bonds. The first kappa shape index (κ1) is 8.59. The second-order valence-corrected chi connectivity index (χ2v) is 2.97. The van der Waals surface area contributed by atoms with Crippen molar-refractivity contribution in [2.75, 3.05) is 0 Å². The van der Waals surface area contributed by atoms with Crippen LogP contribution >= 0.6 is 22.6 Å². The third-order valence-corrected chi connectivity index (χ3v) is 2.40. The van der Waals surface area contributed by atoms with E-state index in [1.807, 2.05) is 23.1 Å². The molecule has 1 aromatic carbocycles. The molecule has 0 fully saturated rings. The normalized spacial score (nSPS) is 11.6. The Labute approximate surface area is 79.9 Å². The Morgan fingerprint density at radius 2 is 2.27 bits per heavy atom. The van der Waals surface area contributed by atoms with Crippen molar-refractivity contribution in [3.05, 3.63) is 33.9 Å². The van der Waals surface area contributed by atoms with Crippen LogP contribution in [0.5, 0.6) is 5.75 Å². The fourth-order valence-corrected chi connectivity index (χ4v) is 1.17. The van der Waals surface area contributed by atoms with Crippen molar-refractivity contribution >= 4 is 28.2 Å². The zero-order valence-electron chi connectivity index (χ0n) is 6.21. The minimum Gasteiger partial charge on any atom is -0.508 e. The second kappa shape index (κ2) is 3.76. The summed E-state index contributed by atoms with van der Waals surface area (Å²) in [6.07, 6.45) is 0. The maximum absolute atomic E-state index is 9.13. The molecule has 0 aliphatic carbocycles. The summed E-state index contributed by atoms with van der Waals surface area (Å²) >= 11 is 2.18. The van der Waals surface area contributed by atoms with E-state index in [1.165, 1.54) is 5.57 Å². The largest absolute Gasteiger partial charge is 0.508 e. The quantitative estimate of drug-likeness (QED) is 0.769. The summed E-state index contributed by atoms with van der Waals surface area (Å²) in [5.41, 5.74) is 2.24. The van der Waals surface area contributed by atoms with Crippen LogP contribution < -0.4 is 0 Å². The second-order valence-electron chi connectivity index (χ2n) is 2.34. The highest BCUT2D eigenvalue weighted by atomic mass is 127. The maximum atomic E-state index is 9.13. The van der Waals surface area contributed by atoms with E-state index in [0.29, 0.717) is 5.75 Å². The Hall–Kier alpha value is -0.510. The van der Waals surface area contributed by atoms with Crippen molar-refractivity contribution in [3.8, 4) is 5.75 Å². The molecule has 0 heterocycles. The van der Waals surface area contributed by atoms with E-state index in [4.69, 9.17) is 5.11 Å². The van der Waals surface area contributed by atoms with E-state index >= 15 is 0 Å². The van der Waals surface area contributed by atoms with Crippen LogP contribution in [0, 0.1) is 0 Å². The van der Waals surface area contributed by atoms with Crippen LogP contribution in [0.4, 0.5) is 0 Å². The molecule has 58 valence electrons. The molecule has 0 saturated carbocycles. The summed E-state index contributed by atoms with van der Waals surface area (Å²) in [5.74, 6) is 0.320. The van der Waals surface area contributed by atoms with E-state index < -0.39 is 0 Å². The zero-order valence-corrected chi connectivity index (χ0v) is 8.37. The first-order valence-corrected chi connectivity index (χ1v) is 4.55. The van der Waals surface area contributed by atoms with E-state index in [-0.39, 0.29) is 0 Å². The molecule has 1 aromatic rings.